The lowest BCUT2D eigenvalue weighted by Crippen LogP contribution is -2.31. The first-order chi connectivity index (χ1) is 5.65. The van der Waals surface area contributed by atoms with E-state index in [0.29, 0.717) is 5.46 Å². The Labute approximate surface area is 72.0 Å². The number of nitrogens with zero attached hydrogens (tertiary/aromatic N) is 2. The van der Waals surface area contributed by atoms with Crippen LogP contribution in [0.2, 0.25) is 0 Å². The first-order valence-electron chi connectivity index (χ1n) is 4.03. The number of hydrogen-bond acceptors (Lipinski definition) is 3. The van der Waals surface area contributed by atoms with Gasteiger partial charge in [-0.3, -0.25) is 4.68 Å². The zero-order valence-electron chi connectivity index (χ0n) is 7.36. The third-order valence-electron chi connectivity index (χ3n) is 1.70. The number of aromatic nitrogens is 2. The minimum atomic E-state index is -1.40. The molecule has 0 fully saturated rings. The van der Waals surface area contributed by atoms with Gasteiger partial charge in [0.1, 0.15) is 0 Å². The number of aryl methyl sites for hydroxylation is 2. The van der Waals surface area contributed by atoms with Crippen molar-refractivity contribution in [2.45, 2.75) is 19.8 Å². The first kappa shape index (κ1) is 9.28. The van der Waals surface area contributed by atoms with Gasteiger partial charge in [-0.2, -0.15) is 5.10 Å². The van der Waals surface area contributed by atoms with Crippen molar-refractivity contribution >= 4 is 12.6 Å². The summed E-state index contributed by atoms with van der Waals surface area (Å²) in [4.78, 5) is 0. The van der Waals surface area contributed by atoms with Gasteiger partial charge in [0.25, 0.3) is 0 Å². The molecule has 1 heterocycles. The van der Waals surface area contributed by atoms with Gasteiger partial charge in [-0.15, -0.1) is 0 Å². The Bertz CT molecular complexity index is 260. The maximum absolute atomic E-state index is 8.95. The summed E-state index contributed by atoms with van der Waals surface area (Å²) in [6, 6.07) is 0. The molecule has 0 unspecified atom stereocenters. The van der Waals surface area contributed by atoms with Crippen molar-refractivity contribution in [1.29, 1.82) is 0 Å². The molecule has 0 aromatic carbocycles. The highest BCUT2D eigenvalue weighted by Crippen LogP contribution is 1.96. The molecule has 12 heavy (non-hydrogen) atoms. The summed E-state index contributed by atoms with van der Waals surface area (Å²) in [5.74, 6) is 0. The molecule has 0 spiro atoms. The van der Waals surface area contributed by atoms with Crippen molar-refractivity contribution in [3.8, 4) is 0 Å². The van der Waals surface area contributed by atoms with Crippen molar-refractivity contribution in [2.75, 3.05) is 0 Å². The number of rotatable bonds is 3. The molecule has 0 amide bonds. The summed E-state index contributed by atoms with van der Waals surface area (Å²) in [6.07, 6.45) is 3.38. The van der Waals surface area contributed by atoms with Gasteiger partial charge in [0.15, 0.2) is 0 Å². The van der Waals surface area contributed by atoms with Crippen LogP contribution in [0.4, 0.5) is 0 Å². The minimum Gasteiger partial charge on any atom is -0.423 e. The lowest BCUT2D eigenvalue weighted by molar-refractivity contribution is 0.425. The molecule has 0 aliphatic rings. The Morgan fingerprint density at radius 3 is 2.75 bits per heavy atom. The molecule has 0 aliphatic carbocycles. The lowest BCUT2D eigenvalue weighted by Gasteiger charge is -1.96. The van der Waals surface area contributed by atoms with E-state index in [0.717, 1.165) is 18.5 Å². The van der Waals surface area contributed by atoms with E-state index in [4.69, 9.17) is 10.0 Å². The van der Waals surface area contributed by atoms with Gasteiger partial charge in [0, 0.05) is 18.7 Å². The van der Waals surface area contributed by atoms with Crippen molar-refractivity contribution in [2.24, 2.45) is 7.05 Å². The fourth-order valence-electron chi connectivity index (χ4n) is 1.20. The van der Waals surface area contributed by atoms with Crippen LogP contribution in [0.25, 0.3) is 0 Å². The molecular weight excluding hydrogens is 155 g/mol. The predicted octanol–water partition coefficient (Wildman–Crippen LogP) is -0.948. The van der Waals surface area contributed by atoms with Crippen LogP contribution in [0, 0.1) is 0 Å². The van der Waals surface area contributed by atoms with Gasteiger partial charge in [0.2, 0.25) is 0 Å². The highest BCUT2D eigenvalue weighted by atomic mass is 16.4. The van der Waals surface area contributed by atoms with E-state index >= 15 is 0 Å². The van der Waals surface area contributed by atoms with Gasteiger partial charge in [-0.1, -0.05) is 13.3 Å². The Balaban J connectivity index is 2.92. The first-order valence-corrected chi connectivity index (χ1v) is 4.03. The molecule has 0 bridgehead atoms. The molecule has 1 aromatic rings. The van der Waals surface area contributed by atoms with Crippen LogP contribution < -0.4 is 5.46 Å². The Morgan fingerprint density at radius 2 is 2.25 bits per heavy atom. The summed E-state index contributed by atoms with van der Waals surface area (Å²) in [5, 5.41) is 22.0. The van der Waals surface area contributed by atoms with Crippen LogP contribution >= 0.6 is 0 Å². The van der Waals surface area contributed by atoms with E-state index in [9.17, 15) is 0 Å². The molecular formula is C7H13BN2O2. The van der Waals surface area contributed by atoms with Crippen molar-refractivity contribution in [3.05, 3.63) is 11.9 Å². The van der Waals surface area contributed by atoms with Gasteiger partial charge < -0.3 is 10.0 Å². The Hall–Kier alpha value is -0.805. The second-order valence-electron chi connectivity index (χ2n) is 2.83. The monoisotopic (exact) mass is 168 g/mol. The lowest BCUT2D eigenvalue weighted by atomic mass is 9.80. The van der Waals surface area contributed by atoms with Crippen LogP contribution in [0.5, 0.6) is 0 Å². The molecule has 66 valence electrons. The van der Waals surface area contributed by atoms with E-state index in [2.05, 4.69) is 5.10 Å². The number of hydrogen-bond donors (Lipinski definition) is 2. The van der Waals surface area contributed by atoms with E-state index in [1.54, 1.807) is 17.9 Å². The molecule has 0 radical (unpaired) electrons. The molecule has 5 heteroatoms. The highest BCUT2D eigenvalue weighted by molar-refractivity contribution is 6.59. The third kappa shape index (κ3) is 1.87. The summed E-state index contributed by atoms with van der Waals surface area (Å²) in [5.41, 5.74) is 1.29. The van der Waals surface area contributed by atoms with Crippen molar-refractivity contribution < 1.29 is 10.0 Å². The zero-order chi connectivity index (χ0) is 9.14. The molecule has 0 saturated heterocycles. The minimum absolute atomic E-state index is 0.513. The second-order valence-corrected chi connectivity index (χ2v) is 2.83. The highest BCUT2D eigenvalue weighted by Gasteiger charge is 2.18. The molecule has 2 N–H and O–H groups in total. The summed E-state index contributed by atoms with van der Waals surface area (Å²) in [7, 11) is 0.366. The van der Waals surface area contributed by atoms with Crippen LogP contribution in [-0.4, -0.2) is 26.9 Å². The smallest absolute Gasteiger partial charge is 0.423 e. The maximum Gasteiger partial charge on any atom is 0.491 e. The van der Waals surface area contributed by atoms with Crippen LogP contribution in [0.15, 0.2) is 6.20 Å². The third-order valence-corrected chi connectivity index (χ3v) is 1.70. The Morgan fingerprint density at radius 1 is 1.58 bits per heavy atom. The standard InChI is InChI=1S/C7H13BN2O2/c1-3-4-7-6(8(11)12)5-10(2)9-7/h5,11-12H,3-4H2,1-2H3. The van der Waals surface area contributed by atoms with Gasteiger partial charge >= 0.3 is 7.12 Å². The van der Waals surface area contributed by atoms with Crippen LogP contribution in [0.3, 0.4) is 0 Å². The second kappa shape index (κ2) is 3.73. The topological polar surface area (TPSA) is 58.3 Å². The van der Waals surface area contributed by atoms with Gasteiger partial charge in [-0.25, -0.2) is 0 Å². The summed E-state index contributed by atoms with van der Waals surface area (Å²) >= 11 is 0. The predicted molar refractivity (Wildman–Crippen MR) is 47.0 cm³/mol. The van der Waals surface area contributed by atoms with E-state index < -0.39 is 7.12 Å². The van der Waals surface area contributed by atoms with E-state index in [1.807, 2.05) is 6.92 Å². The summed E-state index contributed by atoms with van der Waals surface area (Å²) < 4.78 is 1.60. The molecule has 0 atom stereocenters. The molecule has 0 saturated carbocycles. The molecule has 1 rings (SSSR count). The van der Waals surface area contributed by atoms with Gasteiger partial charge in [-0.05, 0) is 6.42 Å². The average Bonchev–Trinajstić information content (AvgIpc) is 2.32. The normalized spacial score (nSPS) is 10.3. The zero-order valence-corrected chi connectivity index (χ0v) is 7.36. The van der Waals surface area contributed by atoms with E-state index in [-0.39, 0.29) is 0 Å². The van der Waals surface area contributed by atoms with Crippen molar-refractivity contribution in [1.82, 2.24) is 9.78 Å². The molecule has 1 aromatic heterocycles. The molecule has 4 nitrogen and oxygen atoms in total. The SMILES string of the molecule is CCCc1nn(C)cc1B(O)O. The Kier molecular flexibility index (Phi) is 2.89. The average molecular weight is 168 g/mol. The summed E-state index contributed by atoms with van der Waals surface area (Å²) in [6.45, 7) is 2.03. The van der Waals surface area contributed by atoms with Gasteiger partial charge in [0.05, 0.1) is 5.69 Å². The largest absolute Gasteiger partial charge is 0.491 e. The fraction of sp³-hybridized carbons (Fsp3) is 0.571. The van der Waals surface area contributed by atoms with Crippen LogP contribution in [-0.2, 0) is 13.5 Å². The van der Waals surface area contributed by atoms with Crippen molar-refractivity contribution in [3.63, 3.8) is 0 Å². The van der Waals surface area contributed by atoms with Crippen LogP contribution in [0.1, 0.15) is 19.0 Å². The fourth-order valence-corrected chi connectivity index (χ4v) is 1.20. The maximum atomic E-state index is 8.95. The molecule has 0 aliphatic heterocycles. The quantitative estimate of drug-likeness (QED) is 0.572. The van der Waals surface area contributed by atoms with E-state index in [1.165, 1.54) is 0 Å².